The van der Waals surface area contributed by atoms with Crippen LogP contribution < -0.4 is 14.8 Å². The van der Waals surface area contributed by atoms with Crippen LogP contribution in [0.1, 0.15) is 15.9 Å². The lowest BCUT2D eigenvalue weighted by Gasteiger charge is -2.12. The molecule has 0 aliphatic rings. The van der Waals surface area contributed by atoms with Crippen molar-refractivity contribution in [3.63, 3.8) is 0 Å². The zero-order valence-electron chi connectivity index (χ0n) is 17.1. The van der Waals surface area contributed by atoms with Gasteiger partial charge in [-0.15, -0.1) is 0 Å². The minimum atomic E-state index is -3.86. The van der Waals surface area contributed by atoms with Gasteiger partial charge in [-0.05, 0) is 67.1 Å². The lowest BCUT2D eigenvalue weighted by Crippen LogP contribution is -2.15. The summed E-state index contributed by atoms with van der Waals surface area (Å²) in [5.41, 5.74) is 1.94. The van der Waals surface area contributed by atoms with E-state index in [1.54, 1.807) is 25.1 Å². The molecule has 3 aromatic carbocycles. The molecule has 0 heterocycles. The highest BCUT2D eigenvalue weighted by Gasteiger charge is 2.16. The van der Waals surface area contributed by atoms with E-state index in [-0.39, 0.29) is 16.1 Å². The molecule has 1 amide bonds. The molecule has 3 aromatic rings. The average molecular weight is 494 g/mol. The molecule has 168 valence electrons. The van der Waals surface area contributed by atoms with Gasteiger partial charge in [0.2, 0.25) is 10.0 Å². The van der Waals surface area contributed by atoms with Crippen LogP contribution >= 0.6 is 11.6 Å². The summed E-state index contributed by atoms with van der Waals surface area (Å²) in [7, 11) is -7.34. The maximum Gasteiger partial charge on any atom is 0.261 e. The number of amides is 1. The van der Waals surface area contributed by atoms with E-state index in [0.29, 0.717) is 16.4 Å². The molecule has 0 atom stereocenters. The maximum absolute atomic E-state index is 12.7. The number of carbonyl (C=O) groups is 1. The summed E-state index contributed by atoms with van der Waals surface area (Å²) < 4.78 is 52.9. The van der Waals surface area contributed by atoms with E-state index in [2.05, 4.69) is 14.8 Å². The predicted molar refractivity (Wildman–Crippen MR) is 126 cm³/mol. The molecule has 0 saturated heterocycles. The largest absolute Gasteiger partial charge is 0.322 e. The summed E-state index contributed by atoms with van der Waals surface area (Å²) in [4.78, 5) is 12.5. The lowest BCUT2D eigenvalue weighted by molar-refractivity contribution is 0.102. The highest BCUT2D eigenvalue weighted by atomic mass is 35.5. The first-order valence-electron chi connectivity index (χ1n) is 9.21. The van der Waals surface area contributed by atoms with E-state index >= 15 is 0 Å². The Morgan fingerprint density at radius 3 is 2.19 bits per heavy atom. The van der Waals surface area contributed by atoms with Gasteiger partial charge in [-0.1, -0.05) is 23.7 Å². The van der Waals surface area contributed by atoms with E-state index in [1.165, 1.54) is 48.5 Å². The van der Waals surface area contributed by atoms with E-state index < -0.39 is 26.0 Å². The smallest absolute Gasteiger partial charge is 0.261 e. The van der Waals surface area contributed by atoms with Gasteiger partial charge in [0.25, 0.3) is 15.9 Å². The van der Waals surface area contributed by atoms with Gasteiger partial charge in [0.1, 0.15) is 0 Å². The number of nitrogens with one attached hydrogen (secondary N) is 3. The molecular weight excluding hydrogens is 474 g/mol. The summed E-state index contributed by atoms with van der Waals surface area (Å²) in [6.45, 7) is 1.76. The van der Waals surface area contributed by atoms with Crippen molar-refractivity contribution in [2.24, 2.45) is 0 Å². The van der Waals surface area contributed by atoms with Crippen LogP contribution in [-0.2, 0) is 20.0 Å². The van der Waals surface area contributed by atoms with Crippen molar-refractivity contribution in [1.29, 1.82) is 0 Å². The SMILES string of the molecule is Cc1ccc(Cl)cc1NS(=O)(=O)c1ccc(NC(=O)c2cccc(NS(C)(=O)=O)c2)cc1. The summed E-state index contributed by atoms with van der Waals surface area (Å²) in [5.74, 6) is -0.481. The fourth-order valence-corrected chi connectivity index (χ4v) is 4.62. The van der Waals surface area contributed by atoms with Gasteiger partial charge in [0.05, 0.1) is 16.8 Å². The molecule has 0 aromatic heterocycles. The minimum Gasteiger partial charge on any atom is -0.322 e. The molecule has 0 radical (unpaired) electrons. The molecule has 0 spiro atoms. The first-order valence-corrected chi connectivity index (χ1v) is 13.0. The van der Waals surface area contributed by atoms with Crippen LogP contribution in [0.3, 0.4) is 0 Å². The topological polar surface area (TPSA) is 121 Å². The van der Waals surface area contributed by atoms with Crippen LogP contribution in [0.5, 0.6) is 0 Å². The van der Waals surface area contributed by atoms with Crippen molar-refractivity contribution in [3.8, 4) is 0 Å². The Balaban J connectivity index is 1.74. The summed E-state index contributed by atoms with van der Waals surface area (Å²) in [6.07, 6.45) is 1.01. The van der Waals surface area contributed by atoms with Crippen LogP contribution in [0.2, 0.25) is 5.02 Å². The number of benzene rings is 3. The zero-order chi connectivity index (χ0) is 23.5. The Bertz CT molecular complexity index is 1370. The van der Waals surface area contributed by atoms with Crippen molar-refractivity contribution in [2.45, 2.75) is 11.8 Å². The van der Waals surface area contributed by atoms with Crippen LogP contribution in [0.4, 0.5) is 17.1 Å². The fourth-order valence-electron chi connectivity index (χ4n) is 2.77. The molecular formula is C21H20ClN3O5S2. The van der Waals surface area contributed by atoms with E-state index in [0.717, 1.165) is 11.8 Å². The van der Waals surface area contributed by atoms with E-state index in [9.17, 15) is 21.6 Å². The van der Waals surface area contributed by atoms with Gasteiger partial charge in [0, 0.05) is 22.0 Å². The molecule has 8 nitrogen and oxygen atoms in total. The van der Waals surface area contributed by atoms with Gasteiger partial charge < -0.3 is 5.32 Å². The van der Waals surface area contributed by atoms with Gasteiger partial charge in [-0.25, -0.2) is 16.8 Å². The molecule has 0 unspecified atom stereocenters. The monoisotopic (exact) mass is 493 g/mol. The second kappa shape index (κ2) is 9.19. The summed E-state index contributed by atoms with van der Waals surface area (Å²) in [5, 5.41) is 3.05. The third kappa shape index (κ3) is 6.22. The van der Waals surface area contributed by atoms with Crippen LogP contribution in [0.25, 0.3) is 0 Å². The average Bonchev–Trinajstić information content (AvgIpc) is 2.70. The Kier molecular flexibility index (Phi) is 6.77. The number of hydrogen-bond donors (Lipinski definition) is 3. The number of hydrogen-bond acceptors (Lipinski definition) is 5. The van der Waals surface area contributed by atoms with Gasteiger partial charge in [-0.2, -0.15) is 0 Å². The van der Waals surface area contributed by atoms with Crippen LogP contribution in [0.15, 0.2) is 71.6 Å². The van der Waals surface area contributed by atoms with Gasteiger partial charge >= 0.3 is 0 Å². The van der Waals surface area contributed by atoms with Crippen molar-refractivity contribution in [1.82, 2.24) is 0 Å². The minimum absolute atomic E-state index is 0.00854. The molecule has 3 rings (SSSR count). The van der Waals surface area contributed by atoms with Crippen LogP contribution in [0, 0.1) is 6.92 Å². The molecule has 0 aliphatic carbocycles. The zero-order valence-corrected chi connectivity index (χ0v) is 19.5. The number of sulfonamides is 2. The predicted octanol–water partition coefficient (Wildman–Crippen LogP) is 4.07. The Labute approximate surface area is 191 Å². The molecule has 0 fully saturated rings. The molecule has 0 bridgehead atoms. The van der Waals surface area contributed by atoms with Crippen LogP contribution in [-0.4, -0.2) is 29.0 Å². The Morgan fingerprint density at radius 1 is 0.844 bits per heavy atom. The van der Waals surface area contributed by atoms with Crippen molar-refractivity contribution >= 4 is 54.6 Å². The number of anilines is 3. The number of aryl methyl sites for hydroxylation is 1. The Hall–Kier alpha value is -3.08. The van der Waals surface area contributed by atoms with Gasteiger partial charge in [0.15, 0.2) is 0 Å². The van der Waals surface area contributed by atoms with Crippen molar-refractivity contribution in [3.05, 3.63) is 82.9 Å². The molecule has 32 heavy (non-hydrogen) atoms. The first-order chi connectivity index (χ1) is 14.9. The normalized spacial score (nSPS) is 11.6. The molecule has 3 N–H and O–H groups in total. The fraction of sp³-hybridized carbons (Fsp3) is 0.0952. The number of carbonyl (C=O) groups excluding carboxylic acids is 1. The third-order valence-corrected chi connectivity index (χ3v) is 6.52. The molecule has 0 aliphatic heterocycles. The highest BCUT2D eigenvalue weighted by Crippen LogP contribution is 2.24. The first kappa shape index (κ1) is 23.6. The summed E-state index contributed by atoms with van der Waals surface area (Å²) >= 11 is 5.94. The highest BCUT2D eigenvalue weighted by molar-refractivity contribution is 7.92. The third-order valence-electron chi connectivity index (χ3n) is 4.29. The van der Waals surface area contributed by atoms with Gasteiger partial charge in [-0.3, -0.25) is 14.2 Å². The quantitative estimate of drug-likeness (QED) is 0.458. The number of halogens is 1. The second-order valence-corrected chi connectivity index (χ2v) is 10.9. The van der Waals surface area contributed by atoms with E-state index in [4.69, 9.17) is 11.6 Å². The lowest BCUT2D eigenvalue weighted by atomic mass is 10.2. The molecule has 0 saturated carbocycles. The maximum atomic E-state index is 12.7. The summed E-state index contributed by atoms with van der Waals surface area (Å²) in [6, 6.07) is 16.5. The standard InChI is InChI=1S/C21H20ClN3O5S2/c1-14-6-7-16(22)13-20(14)25-32(29,30)19-10-8-17(9-11-19)23-21(26)15-4-3-5-18(12-15)24-31(2,27)28/h3-13,24-25H,1-2H3,(H,23,26). The second-order valence-electron chi connectivity index (χ2n) is 7.00. The molecule has 11 heteroatoms. The van der Waals surface area contributed by atoms with Crippen molar-refractivity contribution in [2.75, 3.05) is 21.0 Å². The van der Waals surface area contributed by atoms with E-state index in [1.807, 2.05) is 0 Å². The van der Waals surface area contributed by atoms with Crippen molar-refractivity contribution < 1.29 is 21.6 Å². The Morgan fingerprint density at radius 2 is 1.53 bits per heavy atom. The number of rotatable bonds is 7.